The van der Waals surface area contributed by atoms with E-state index in [-0.39, 0.29) is 6.04 Å². The smallest absolute Gasteiger partial charge is 0.226 e. The van der Waals surface area contributed by atoms with Gasteiger partial charge < -0.3 is 26.0 Å². The summed E-state index contributed by atoms with van der Waals surface area (Å²) in [4.78, 5) is 14.3. The number of imidazole rings is 1. The molecule has 8 nitrogen and oxygen atoms in total. The minimum absolute atomic E-state index is 0.0103. The lowest BCUT2D eigenvalue weighted by atomic mass is 9.95. The summed E-state index contributed by atoms with van der Waals surface area (Å²) in [6.07, 6.45) is 8.56. The predicted octanol–water partition coefficient (Wildman–Crippen LogP) is 4.49. The summed E-state index contributed by atoms with van der Waals surface area (Å²) in [7, 11) is 0. The summed E-state index contributed by atoms with van der Waals surface area (Å²) in [6, 6.07) is 8.24. The van der Waals surface area contributed by atoms with E-state index in [2.05, 4.69) is 20.2 Å². The Morgan fingerprint density at radius 1 is 1.19 bits per heavy atom. The molecule has 5 N–H and O–H groups in total. The molecule has 1 atom stereocenters. The monoisotopic (exact) mass is 437 g/mol. The molecule has 1 aliphatic rings. The summed E-state index contributed by atoms with van der Waals surface area (Å²) in [5.74, 6) is 1.22. The normalized spacial score (nSPS) is 16.2. The highest BCUT2D eigenvalue weighted by atomic mass is 16.3. The van der Waals surface area contributed by atoms with Gasteiger partial charge in [0.25, 0.3) is 0 Å². The van der Waals surface area contributed by atoms with Crippen molar-refractivity contribution in [3.05, 3.63) is 36.2 Å². The third kappa shape index (κ3) is 5.30. The number of rotatable bonds is 8. The largest absolute Gasteiger partial charge is 0.398 e. The number of nitrogens with one attached hydrogen (secondary N) is 2. The molecule has 32 heavy (non-hydrogen) atoms. The maximum Gasteiger partial charge on any atom is 0.226 e. The molecule has 0 spiro atoms. The molecule has 0 radical (unpaired) electrons. The van der Waals surface area contributed by atoms with E-state index < -0.39 is 5.60 Å². The van der Waals surface area contributed by atoms with Crippen LogP contribution < -0.4 is 16.4 Å². The minimum Gasteiger partial charge on any atom is -0.398 e. The lowest BCUT2D eigenvalue weighted by Crippen LogP contribution is -2.29. The van der Waals surface area contributed by atoms with Crippen LogP contribution in [-0.4, -0.2) is 36.3 Å². The Morgan fingerprint density at radius 2 is 1.94 bits per heavy atom. The van der Waals surface area contributed by atoms with Gasteiger partial charge in [-0.15, -0.1) is 0 Å². The van der Waals surface area contributed by atoms with Crippen molar-refractivity contribution in [2.75, 3.05) is 16.4 Å². The van der Waals surface area contributed by atoms with Crippen LogP contribution in [0.3, 0.4) is 0 Å². The number of nitrogen functional groups attached to an aromatic ring is 1. The van der Waals surface area contributed by atoms with Gasteiger partial charge in [-0.25, -0.2) is 4.98 Å². The van der Waals surface area contributed by atoms with Crippen molar-refractivity contribution in [2.45, 2.75) is 83.5 Å². The van der Waals surface area contributed by atoms with Gasteiger partial charge in [-0.05, 0) is 51.7 Å². The van der Waals surface area contributed by atoms with E-state index in [1.54, 1.807) is 0 Å². The van der Waals surface area contributed by atoms with E-state index in [1.165, 1.54) is 19.3 Å². The van der Waals surface area contributed by atoms with Crippen molar-refractivity contribution in [1.29, 1.82) is 0 Å². The average Bonchev–Trinajstić information content (AvgIpc) is 3.16. The van der Waals surface area contributed by atoms with E-state index in [1.807, 2.05) is 51.4 Å². The number of para-hydroxylation sites is 1. The first-order chi connectivity index (χ1) is 15.3. The highest BCUT2D eigenvalue weighted by Crippen LogP contribution is 2.32. The fourth-order valence-corrected chi connectivity index (χ4v) is 4.63. The standard InChI is InChI=1S/C24H35N7O/c1-16(13-24(2,3)32)28-23-29-21(26-14-17-9-7-8-12-19(17)25)20-22(30-23)31(15-27-20)18-10-5-4-6-11-18/h7-9,12,15-16,18,32H,4-6,10-11,13-14,25H2,1-3H3,(H2,26,28,29,30). The van der Waals surface area contributed by atoms with Crippen molar-refractivity contribution in [3.8, 4) is 0 Å². The summed E-state index contributed by atoms with van der Waals surface area (Å²) in [5.41, 5.74) is 8.72. The Balaban J connectivity index is 1.66. The fraction of sp³-hybridized carbons (Fsp3) is 0.542. The Labute approximate surface area is 189 Å². The highest BCUT2D eigenvalue weighted by Gasteiger charge is 2.22. The molecule has 3 aromatic rings. The zero-order valence-corrected chi connectivity index (χ0v) is 19.3. The van der Waals surface area contributed by atoms with Gasteiger partial charge in [-0.1, -0.05) is 37.5 Å². The third-order valence-electron chi connectivity index (χ3n) is 6.07. The molecule has 2 aromatic heterocycles. The van der Waals surface area contributed by atoms with Crippen molar-refractivity contribution in [1.82, 2.24) is 19.5 Å². The Bertz CT molecular complexity index is 1050. The fourth-order valence-electron chi connectivity index (χ4n) is 4.63. The summed E-state index contributed by atoms with van der Waals surface area (Å²) in [5, 5.41) is 17.0. The van der Waals surface area contributed by atoms with Gasteiger partial charge in [-0.2, -0.15) is 9.97 Å². The number of hydrogen-bond donors (Lipinski definition) is 4. The van der Waals surface area contributed by atoms with E-state index in [4.69, 9.17) is 15.7 Å². The van der Waals surface area contributed by atoms with Crippen LogP contribution in [0.25, 0.3) is 11.2 Å². The molecule has 0 bridgehead atoms. The molecule has 2 heterocycles. The second-order valence-corrected chi connectivity index (χ2v) is 9.63. The second-order valence-electron chi connectivity index (χ2n) is 9.63. The quantitative estimate of drug-likeness (QED) is 0.384. The maximum atomic E-state index is 10.2. The van der Waals surface area contributed by atoms with Crippen LogP contribution in [0, 0.1) is 0 Å². The highest BCUT2D eigenvalue weighted by molar-refractivity contribution is 5.84. The van der Waals surface area contributed by atoms with Gasteiger partial charge in [0.05, 0.1) is 11.9 Å². The molecule has 1 fully saturated rings. The zero-order valence-electron chi connectivity index (χ0n) is 19.3. The molecule has 0 amide bonds. The van der Waals surface area contributed by atoms with Crippen LogP contribution in [-0.2, 0) is 6.54 Å². The van der Waals surface area contributed by atoms with Crippen molar-refractivity contribution in [3.63, 3.8) is 0 Å². The minimum atomic E-state index is -0.772. The number of anilines is 3. The van der Waals surface area contributed by atoms with Crippen LogP contribution in [0.1, 0.15) is 70.9 Å². The summed E-state index contributed by atoms with van der Waals surface area (Å²) >= 11 is 0. The Morgan fingerprint density at radius 3 is 2.66 bits per heavy atom. The lowest BCUT2D eigenvalue weighted by Gasteiger charge is -2.24. The first-order valence-electron chi connectivity index (χ1n) is 11.6. The van der Waals surface area contributed by atoms with Crippen LogP contribution in [0.5, 0.6) is 0 Å². The number of nitrogens with two attached hydrogens (primary N) is 1. The van der Waals surface area contributed by atoms with E-state index >= 15 is 0 Å². The second kappa shape index (κ2) is 9.32. The average molecular weight is 438 g/mol. The number of aromatic nitrogens is 4. The van der Waals surface area contributed by atoms with Crippen LogP contribution in [0.4, 0.5) is 17.5 Å². The van der Waals surface area contributed by atoms with Crippen molar-refractivity contribution < 1.29 is 5.11 Å². The molecule has 1 unspecified atom stereocenters. The molecule has 1 aromatic carbocycles. The predicted molar refractivity (Wildman–Crippen MR) is 130 cm³/mol. The molecule has 1 aliphatic carbocycles. The molecule has 1 saturated carbocycles. The van der Waals surface area contributed by atoms with Gasteiger partial charge in [0, 0.05) is 24.3 Å². The molecular weight excluding hydrogens is 402 g/mol. The third-order valence-corrected chi connectivity index (χ3v) is 6.07. The van der Waals surface area contributed by atoms with Gasteiger partial charge in [0.2, 0.25) is 5.95 Å². The topological polar surface area (TPSA) is 114 Å². The van der Waals surface area contributed by atoms with E-state index in [9.17, 15) is 5.11 Å². The van der Waals surface area contributed by atoms with E-state index in [0.29, 0.717) is 30.8 Å². The van der Waals surface area contributed by atoms with E-state index in [0.717, 1.165) is 35.3 Å². The number of fused-ring (bicyclic) bond motifs is 1. The first kappa shape index (κ1) is 22.3. The van der Waals surface area contributed by atoms with Crippen LogP contribution in [0.2, 0.25) is 0 Å². The van der Waals surface area contributed by atoms with Crippen LogP contribution >= 0.6 is 0 Å². The molecule has 4 rings (SSSR count). The van der Waals surface area contributed by atoms with Crippen LogP contribution in [0.15, 0.2) is 30.6 Å². The molecular formula is C24H35N7O. The number of hydrogen-bond acceptors (Lipinski definition) is 7. The Hall–Kier alpha value is -2.87. The van der Waals surface area contributed by atoms with Gasteiger partial charge in [0.15, 0.2) is 17.0 Å². The SMILES string of the molecule is CC(CC(C)(C)O)Nc1nc(NCc2ccccc2N)c2ncn(C3CCCCC3)c2n1. The molecule has 172 valence electrons. The van der Waals surface area contributed by atoms with Gasteiger partial charge in [-0.3, -0.25) is 0 Å². The number of nitrogens with zero attached hydrogens (tertiary/aromatic N) is 4. The number of aliphatic hydroxyl groups is 1. The molecule has 8 heteroatoms. The number of benzene rings is 1. The Kier molecular flexibility index (Phi) is 6.50. The molecule has 0 aliphatic heterocycles. The molecule has 0 saturated heterocycles. The van der Waals surface area contributed by atoms with Crippen molar-refractivity contribution >= 4 is 28.6 Å². The maximum absolute atomic E-state index is 10.2. The lowest BCUT2D eigenvalue weighted by molar-refractivity contribution is 0.0672. The summed E-state index contributed by atoms with van der Waals surface area (Å²) < 4.78 is 2.21. The first-order valence-corrected chi connectivity index (χ1v) is 11.6. The van der Waals surface area contributed by atoms with Gasteiger partial charge >= 0.3 is 0 Å². The summed E-state index contributed by atoms with van der Waals surface area (Å²) in [6.45, 7) is 6.20. The zero-order chi connectivity index (χ0) is 22.7. The van der Waals surface area contributed by atoms with Crippen molar-refractivity contribution in [2.24, 2.45) is 0 Å². The van der Waals surface area contributed by atoms with Gasteiger partial charge in [0.1, 0.15) is 0 Å².